The van der Waals surface area contributed by atoms with E-state index in [-0.39, 0.29) is 5.82 Å². The van der Waals surface area contributed by atoms with Gasteiger partial charge in [-0.15, -0.1) is 0 Å². The second-order valence-corrected chi connectivity index (χ2v) is 7.18. The summed E-state index contributed by atoms with van der Waals surface area (Å²) in [6.45, 7) is 4.88. The van der Waals surface area contributed by atoms with Crippen LogP contribution in [0.5, 0.6) is 5.75 Å². The van der Waals surface area contributed by atoms with Crippen LogP contribution in [0.2, 0.25) is 0 Å². The number of aromatic nitrogens is 4. The van der Waals surface area contributed by atoms with Gasteiger partial charge in [-0.1, -0.05) is 6.07 Å². The van der Waals surface area contributed by atoms with Gasteiger partial charge in [-0.3, -0.25) is 9.38 Å². The van der Waals surface area contributed by atoms with Gasteiger partial charge in [0.25, 0.3) is 0 Å². The molecule has 1 aliphatic heterocycles. The second kappa shape index (κ2) is 6.84. The number of aryl methyl sites for hydroxylation is 2. The first-order valence-corrected chi connectivity index (χ1v) is 9.54. The third-order valence-electron chi connectivity index (χ3n) is 5.34. The van der Waals surface area contributed by atoms with Gasteiger partial charge in [-0.25, -0.2) is 14.4 Å². The molecule has 5 rings (SSSR count). The monoisotopic (exact) mass is 389 g/mol. The fourth-order valence-electron chi connectivity index (χ4n) is 3.90. The lowest BCUT2D eigenvalue weighted by Crippen LogP contribution is -2.09. The molecule has 4 heterocycles. The lowest BCUT2D eigenvalue weighted by Gasteiger charge is -2.14. The van der Waals surface area contributed by atoms with Crippen LogP contribution in [0.15, 0.2) is 43.0 Å². The Balaban J connectivity index is 1.50. The third kappa shape index (κ3) is 2.99. The van der Waals surface area contributed by atoms with E-state index in [2.05, 4.69) is 26.3 Å². The molecule has 0 aliphatic carbocycles. The normalized spacial score (nSPS) is 12.8. The molecule has 0 radical (unpaired) electrons. The summed E-state index contributed by atoms with van der Waals surface area (Å²) in [5, 5.41) is 3.26. The SMILES string of the molecule is Cc1ccc(-c2cnc(NCc3c(F)ccc4c3CCO4)n3cncc23)c(C)n1. The maximum absolute atomic E-state index is 14.4. The summed E-state index contributed by atoms with van der Waals surface area (Å²) in [6.07, 6.45) is 6.04. The number of hydrogen-bond acceptors (Lipinski definition) is 5. The number of fused-ring (bicyclic) bond motifs is 2. The molecule has 0 amide bonds. The Kier molecular flexibility index (Phi) is 4.16. The van der Waals surface area contributed by atoms with Gasteiger partial charge in [0.1, 0.15) is 17.9 Å². The first-order chi connectivity index (χ1) is 14.1. The van der Waals surface area contributed by atoms with Crippen molar-refractivity contribution in [3.63, 3.8) is 0 Å². The van der Waals surface area contributed by atoms with E-state index in [1.165, 1.54) is 6.07 Å². The Morgan fingerprint density at radius 1 is 1.14 bits per heavy atom. The molecular weight excluding hydrogens is 369 g/mol. The third-order valence-corrected chi connectivity index (χ3v) is 5.34. The topological polar surface area (TPSA) is 64.3 Å². The minimum absolute atomic E-state index is 0.235. The molecular formula is C22H20FN5O. The number of imidazole rings is 1. The van der Waals surface area contributed by atoms with Crippen molar-refractivity contribution >= 4 is 11.5 Å². The van der Waals surface area contributed by atoms with Crippen molar-refractivity contribution in [2.75, 3.05) is 11.9 Å². The van der Waals surface area contributed by atoms with Crippen LogP contribution in [0.4, 0.5) is 10.3 Å². The smallest absolute Gasteiger partial charge is 0.208 e. The van der Waals surface area contributed by atoms with Crippen molar-refractivity contribution in [1.82, 2.24) is 19.4 Å². The van der Waals surface area contributed by atoms with Gasteiger partial charge in [-0.2, -0.15) is 0 Å². The van der Waals surface area contributed by atoms with Crippen molar-refractivity contribution in [3.8, 4) is 16.9 Å². The zero-order chi connectivity index (χ0) is 20.0. The molecule has 0 spiro atoms. The number of anilines is 1. The van der Waals surface area contributed by atoms with E-state index in [9.17, 15) is 4.39 Å². The number of halogens is 1. The molecule has 146 valence electrons. The summed E-state index contributed by atoms with van der Waals surface area (Å²) in [4.78, 5) is 13.4. The van der Waals surface area contributed by atoms with Crippen LogP contribution in [-0.2, 0) is 13.0 Å². The van der Waals surface area contributed by atoms with Crippen LogP contribution >= 0.6 is 0 Å². The maximum Gasteiger partial charge on any atom is 0.208 e. The highest BCUT2D eigenvalue weighted by Gasteiger charge is 2.20. The summed E-state index contributed by atoms with van der Waals surface area (Å²) in [6, 6.07) is 7.19. The Bertz CT molecular complexity index is 1230. The molecule has 0 unspecified atom stereocenters. The fraction of sp³-hybridized carbons (Fsp3) is 0.227. The van der Waals surface area contributed by atoms with Crippen LogP contribution < -0.4 is 10.1 Å². The van der Waals surface area contributed by atoms with Crippen molar-refractivity contribution in [2.45, 2.75) is 26.8 Å². The molecule has 6 nitrogen and oxygen atoms in total. The van der Waals surface area contributed by atoms with Crippen LogP contribution in [0.25, 0.3) is 16.6 Å². The van der Waals surface area contributed by atoms with Gasteiger partial charge in [0, 0.05) is 52.8 Å². The second-order valence-electron chi connectivity index (χ2n) is 7.18. The van der Waals surface area contributed by atoms with Crippen molar-refractivity contribution < 1.29 is 9.13 Å². The molecule has 0 saturated heterocycles. The number of nitrogens with zero attached hydrogens (tertiary/aromatic N) is 4. The summed E-state index contributed by atoms with van der Waals surface area (Å²) in [7, 11) is 0. The van der Waals surface area contributed by atoms with Crippen molar-refractivity contribution in [2.24, 2.45) is 0 Å². The fourth-order valence-corrected chi connectivity index (χ4v) is 3.90. The number of hydrogen-bond donors (Lipinski definition) is 1. The van der Waals surface area contributed by atoms with E-state index in [4.69, 9.17) is 4.74 Å². The van der Waals surface area contributed by atoms with Crippen LogP contribution in [0.3, 0.4) is 0 Å². The minimum atomic E-state index is -0.235. The lowest BCUT2D eigenvalue weighted by molar-refractivity contribution is 0.356. The predicted molar refractivity (Wildman–Crippen MR) is 109 cm³/mol. The lowest BCUT2D eigenvalue weighted by atomic mass is 10.0. The Hall–Kier alpha value is -3.48. The Morgan fingerprint density at radius 2 is 2.03 bits per heavy atom. The first kappa shape index (κ1) is 17.6. The van der Waals surface area contributed by atoms with Crippen LogP contribution in [-0.4, -0.2) is 26.0 Å². The molecule has 1 aliphatic rings. The predicted octanol–water partition coefficient (Wildman–Crippen LogP) is 4.09. The summed E-state index contributed by atoms with van der Waals surface area (Å²) in [5.41, 5.74) is 6.36. The molecule has 0 atom stereocenters. The van der Waals surface area contributed by atoms with E-state index in [0.29, 0.717) is 24.7 Å². The summed E-state index contributed by atoms with van der Waals surface area (Å²) in [5.74, 6) is 1.14. The highest BCUT2D eigenvalue weighted by atomic mass is 19.1. The molecule has 29 heavy (non-hydrogen) atoms. The minimum Gasteiger partial charge on any atom is -0.493 e. The first-order valence-electron chi connectivity index (χ1n) is 9.54. The molecule has 0 bridgehead atoms. The molecule has 0 saturated carbocycles. The highest BCUT2D eigenvalue weighted by Crippen LogP contribution is 2.31. The van der Waals surface area contributed by atoms with E-state index in [0.717, 1.165) is 45.8 Å². The number of ether oxygens (including phenoxy) is 1. The summed E-state index contributed by atoms with van der Waals surface area (Å²) < 4.78 is 21.9. The maximum atomic E-state index is 14.4. The Labute approximate surface area is 167 Å². The van der Waals surface area contributed by atoms with Gasteiger partial charge >= 0.3 is 0 Å². The zero-order valence-electron chi connectivity index (χ0n) is 16.2. The van der Waals surface area contributed by atoms with E-state index >= 15 is 0 Å². The van der Waals surface area contributed by atoms with Crippen molar-refractivity contribution in [1.29, 1.82) is 0 Å². The van der Waals surface area contributed by atoms with Gasteiger partial charge in [0.15, 0.2) is 0 Å². The van der Waals surface area contributed by atoms with Gasteiger partial charge < -0.3 is 10.1 Å². The molecule has 0 fully saturated rings. The molecule has 3 aromatic heterocycles. The average molecular weight is 389 g/mol. The van der Waals surface area contributed by atoms with Gasteiger partial charge in [0.2, 0.25) is 5.95 Å². The summed E-state index contributed by atoms with van der Waals surface area (Å²) >= 11 is 0. The largest absolute Gasteiger partial charge is 0.493 e. The molecule has 1 aromatic carbocycles. The van der Waals surface area contributed by atoms with E-state index in [1.807, 2.05) is 30.5 Å². The number of pyridine rings is 1. The molecule has 4 aromatic rings. The number of nitrogens with one attached hydrogen (secondary N) is 1. The quantitative estimate of drug-likeness (QED) is 0.569. The number of benzene rings is 1. The highest BCUT2D eigenvalue weighted by molar-refractivity contribution is 5.81. The van der Waals surface area contributed by atoms with Gasteiger partial charge in [-0.05, 0) is 32.0 Å². The standard InChI is InChI=1S/C22H20FN5O/c1-13-3-4-15(14(2)27-13)18-10-26-22(28-12-24-11-20(18)28)25-9-17-16-7-8-29-21(16)6-5-19(17)23/h3-6,10-12H,7-9H2,1-2H3,(H,25,26). The van der Waals surface area contributed by atoms with Crippen LogP contribution in [0.1, 0.15) is 22.5 Å². The molecule has 7 heteroatoms. The Morgan fingerprint density at radius 3 is 2.90 bits per heavy atom. The van der Waals surface area contributed by atoms with Crippen LogP contribution in [0, 0.1) is 19.7 Å². The van der Waals surface area contributed by atoms with E-state index < -0.39 is 0 Å². The molecule has 1 N–H and O–H groups in total. The number of rotatable bonds is 4. The van der Waals surface area contributed by atoms with Gasteiger partial charge in [0.05, 0.1) is 18.3 Å². The van der Waals surface area contributed by atoms with E-state index in [1.54, 1.807) is 18.6 Å². The van der Waals surface area contributed by atoms with Crippen molar-refractivity contribution in [3.05, 3.63) is 71.3 Å². The zero-order valence-corrected chi connectivity index (χ0v) is 16.2. The average Bonchev–Trinajstić information content (AvgIpc) is 3.37.